The first kappa shape index (κ1) is 23.7. The van der Waals surface area contributed by atoms with Crippen molar-refractivity contribution in [1.82, 2.24) is 15.1 Å². The zero-order valence-electron chi connectivity index (χ0n) is 20.9. The van der Waals surface area contributed by atoms with Crippen LogP contribution in [0.5, 0.6) is 0 Å². The topological polar surface area (TPSA) is 61.9 Å². The van der Waals surface area contributed by atoms with Gasteiger partial charge in [-0.1, -0.05) is 24.3 Å². The number of ether oxygens (including phenoxy) is 1. The highest BCUT2D eigenvalue weighted by molar-refractivity contribution is 5.73. The molecule has 1 aliphatic carbocycles. The maximum Gasteiger partial charge on any atom is 0.410 e. The standard InChI is InChI=1S/C28H41N3O3.H2/c1-3-34-27(33)31-22-10-8-21(9-11-23(31)13-12-22)30-18-16-28(17-19-30)15-14-26(29-20(2)32)24-6-4-5-7-25(24)28;/h4-7,21-23,26H,3,8-19H2,1-2H3,(H,29,32);1H/t21?,22?,23?,26-;/m0./s1. The van der Waals surface area contributed by atoms with E-state index < -0.39 is 0 Å². The average Bonchev–Trinajstić information content (AvgIpc) is 3.27. The quantitative estimate of drug-likeness (QED) is 0.663. The molecule has 3 fully saturated rings. The van der Waals surface area contributed by atoms with Gasteiger partial charge in [-0.15, -0.1) is 0 Å². The summed E-state index contributed by atoms with van der Waals surface area (Å²) in [7, 11) is 0. The molecule has 0 saturated carbocycles. The highest BCUT2D eigenvalue weighted by atomic mass is 16.6. The Balaban J connectivity index is 0.00000289. The molecule has 1 aromatic rings. The van der Waals surface area contributed by atoms with Gasteiger partial charge < -0.3 is 19.9 Å². The number of likely N-dealkylation sites (tertiary alicyclic amines) is 1. The van der Waals surface area contributed by atoms with E-state index in [-0.39, 0.29) is 24.9 Å². The maximum atomic E-state index is 12.5. The van der Waals surface area contributed by atoms with E-state index >= 15 is 0 Å². The summed E-state index contributed by atoms with van der Waals surface area (Å²) in [5.41, 5.74) is 3.06. The maximum absolute atomic E-state index is 12.5. The van der Waals surface area contributed by atoms with E-state index in [1.807, 2.05) is 6.92 Å². The monoisotopic (exact) mass is 469 g/mol. The molecule has 4 aliphatic rings. The van der Waals surface area contributed by atoms with Crippen LogP contribution in [0.25, 0.3) is 0 Å². The van der Waals surface area contributed by atoms with Gasteiger partial charge in [0.15, 0.2) is 0 Å². The van der Waals surface area contributed by atoms with Crippen molar-refractivity contribution in [2.75, 3.05) is 19.7 Å². The molecule has 188 valence electrons. The number of benzene rings is 1. The van der Waals surface area contributed by atoms with E-state index in [1.165, 1.54) is 36.8 Å². The highest BCUT2D eigenvalue weighted by Gasteiger charge is 2.44. The van der Waals surface area contributed by atoms with E-state index in [1.54, 1.807) is 6.92 Å². The molecule has 3 atom stereocenters. The van der Waals surface area contributed by atoms with Gasteiger partial charge in [0.25, 0.3) is 0 Å². The largest absolute Gasteiger partial charge is 0.450 e. The smallest absolute Gasteiger partial charge is 0.410 e. The summed E-state index contributed by atoms with van der Waals surface area (Å²) in [5.74, 6) is 0.0605. The van der Waals surface area contributed by atoms with Crippen molar-refractivity contribution in [3.63, 3.8) is 0 Å². The van der Waals surface area contributed by atoms with Crippen LogP contribution in [0.15, 0.2) is 24.3 Å². The van der Waals surface area contributed by atoms with Crippen molar-refractivity contribution in [3.05, 3.63) is 35.4 Å². The van der Waals surface area contributed by atoms with Crippen LogP contribution in [-0.4, -0.2) is 59.6 Å². The summed E-state index contributed by atoms with van der Waals surface area (Å²) in [5, 5.41) is 3.18. The molecule has 6 heteroatoms. The number of carbonyl (C=O) groups excluding carboxylic acids is 2. The van der Waals surface area contributed by atoms with Gasteiger partial charge in [-0.25, -0.2) is 4.79 Å². The summed E-state index contributed by atoms with van der Waals surface area (Å²) in [6, 6.07) is 10.3. The van der Waals surface area contributed by atoms with E-state index in [2.05, 4.69) is 39.4 Å². The highest BCUT2D eigenvalue weighted by Crippen LogP contribution is 2.48. The van der Waals surface area contributed by atoms with Crippen LogP contribution in [0.1, 0.15) is 96.7 Å². The third-order valence-electron chi connectivity index (χ3n) is 9.23. The van der Waals surface area contributed by atoms with Gasteiger partial charge in [-0.2, -0.15) is 0 Å². The molecule has 3 saturated heterocycles. The number of nitrogens with one attached hydrogen (secondary N) is 1. The van der Waals surface area contributed by atoms with Gasteiger partial charge in [0.1, 0.15) is 0 Å². The molecule has 0 radical (unpaired) electrons. The Hall–Kier alpha value is -2.08. The Morgan fingerprint density at radius 3 is 2.21 bits per heavy atom. The Kier molecular flexibility index (Phi) is 6.88. The summed E-state index contributed by atoms with van der Waals surface area (Å²) in [6.45, 7) is 6.29. The number of rotatable bonds is 3. The van der Waals surface area contributed by atoms with Crippen LogP contribution in [0.2, 0.25) is 0 Å². The molecule has 34 heavy (non-hydrogen) atoms. The normalized spacial score (nSPS) is 30.8. The molecule has 2 unspecified atom stereocenters. The third-order valence-corrected chi connectivity index (χ3v) is 9.23. The minimum absolute atomic E-state index is 0. The molecule has 3 aliphatic heterocycles. The van der Waals surface area contributed by atoms with E-state index in [0.717, 1.165) is 51.6 Å². The van der Waals surface area contributed by atoms with Gasteiger partial charge >= 0.3 is 6.09 Å². The van der Waals surface area contributed by atoms with Crippen molar-refractivity contribution in [1.29, 1.82) is 0 Å². The van der Waals surface area contributed by atoms with Crippen LogP contribution in [0.4, 0.5) is 4.79 Å². The van der Waals surface area contributed by atoms with Crippen molar-refractivity contribution >= 4 is 12.0 Å². The summed E-state index contributed by atoms with van der Waals surface area (Å²) in [6.07, 6.45) is 11.3. The molecule has 0 aromatic heterocycles. The Morgan fingerprint density at radius 2 is 1.59 bits per heavy atom. The molecule has 2 amide bonds. The molecule has 1 aromatic carbocycles. The van der Waals surface area contributed by atoms with Gasteiger partial charge in [0, 0.05) is 26.5 Å². The Labute approximate surface area is 205 Å². The van der Waals surface area contributed by atoms with Crippen LogP contribution in [0.3, 0.4) is 0 Å². The fourth-order valence-corrected chi connectivity index (χ4v) is 7.53. The first-order chi connectivity index (χ1) is 16.5. The van der Waals surface area contributed by atoms with Crippen LogP contribution in [0, 0.1) is 0 Å². The van der Waals surface area contributed by atoms with Crippen LogP contribution >= 0.6 is 0 Å². The van der Waals surface area contributed by atoms with Gasteiger partial charge in [0.2, 0.25) is 5.91 Å². The number of carbonyl (C=O) groups is 2. The minimum atomic E-state index is -0.0955. The number of fused-ring (bicyclic) bond motifs is 4. The molecular formula is C28H43N3O3. The number of hydrogen-bond donors (Lipinski definition) is 1. The number of piperidine rings is 1. The molecular weight excluding hydrogens is 426 g/mol. The van der Waals surface area contributed by atoms with Crippen LogP contribution in [-0.2, 0) is 14.9 Å². The van der Waals surface area contributed by atoms with Crippen molar-refractivity contribution < 1.29 is 15.8 Å². The van der Waals surface area contributed by atoms with Crippen LogP contribution < -0.4 is 5.32 Å². The first-order valence-corrected chi connectivity index (χ1v) is 13.6. The molecule has 5 rings (SSSR count). The fraction of sp³-hybridized carbons (Fsp3) is 0.714. The summed E-state index contributed by atoms with van der Waals surface area (Å²) >= 11 is 0. The molecule has 2 bridgehead atoms. The van der Waals surface area contributed by atoms with Crippen molar-refractivity contribution in [2.45, 2.75) is 108 Å². The second-order valence-corrected chi connectivity index (χ2v) is 11.0. The lowest BCUT2D eigenvalue weighted by Crippen LogP contribution is -2.51. The Bertz CT molecular complexity index is 885. The predicted octanol–water partition coefficient (Wildman–Crippen LogP) is 5.17. The fourth-order valence-electron chi connectivity index (χ4n) is 7.53. The van der Waals surface area contributed by atoms with Gasteiger partial charge in [-0.05, 0) is 101 Å². The second-order valence-electron chi connectivity index (χ2n) is 11.0. The lowest BCUT2D eigenvalue weighted by Gasteiger charge is -2.49. The molecule has 1 spiro atoms. The Morgan fingerprint density at radius 1 is 0.971 bits per heavy atom. The van der Waals surface area contributed by atoms with E-state index in [0.29, 0.717) is 24.7 Å². The summed E-state index contributed by atoms with van der Waals surface area (Å²) in [4.78, 5) is 29.1. The molecule has 6 nitrogen and oxygen atoms in total. The number of hydrogen-bond acceptors (Lipinski definition) is 4. The molecule has 3 heterocycles. The third kappa shape index (κ3) is 4.46. The lowest BCUT2D eigenvalue weighted by atomic mass is 9.63. The first-order valence-electron chi connectivity index (χ1n) is 13.6. The number of nitrogens with zero attached hydrogens (tertiary/aromatic N) is 2. The number of amides is 2. The van der Waals surface area contributed by atoms with E-state index in [4.69, 9.17) is 4.74 Å². The SMILES string of the molecule is CCOC(=O)N1C2CCC(N3CCC4(CC[C@H](NC(C)=O)c5ccccc54)CC3)CCC1CC2.[HH]. The second kappa shape index (κ2) is 9.88. The van der Waals surface area contributed by atoms with Crippen molar-refractivity contribution in [3.8, 4) is 0 Å². The zero-order valence-corrected chi connectivity index (χ0v) is 20.9. The zero-order chi connectivity index (χ0) is 23.7. The molecule has 1 N–H and O–H groups in total. The van der Waals surface area contributed by atoms with E-state index in [9.17, 15) is 9.59 Å². The van der Waals surface area contributed by atoms with Gasteiger partial charge in [-0.3, -0.25) is 4.79 Å². The minimum Gasteiger partial charge on any atom is -0.450 e. The summed E-state index contributed by atoms with van der Waals surface area (Å²) < 4.78 is 5.38. The van der Waals surface area contributed by atoms with Gasteiger partial charge in [0.05, 0.1) is 12.6 Å². The van der Waals surface area contributed by atoms with Crippen molar-refractivity contribution in [2.24, 2.45) is 0 Å². The average molecular weight is 470 g/mol. The predicted molar refractivity (Wildman–Crippen MR) is 135 cm³/mol. The lowest BCUT2D eigenvalue weighted by molar-refractivity contribution is -0.119.